The maximum Gasteiger partial charge on any atom is 0.113 e. The van der Waals surface area contributed by atoms with E-state index in [1.54, 1.807) is 10.9 Å². The molecule has 0 saturated heterocycles. The fraction of sp³-hybridized carbons (Fsp3) is 0.200. The van der Waals surface area contributed by atoms with Crippen molar-refractivity contribution in [2.45, 2.75) is 6.92 Å². The second-order valence-corrected chi connectivity index (χ2v) is 2.95. The van der Waals surface area contributed by atoms with E-state index in [1.807, 2.05) is 32.2 Å². The molecular weight excluding hydrogens is 162 g/mol. The molecule has 0 atom stereocenters. The fourth-order valence-corrected chi connectivity index (χ4v) is 1.30. The van der Waals surface area contributed by atoms with Crippen molar-refractivity contribution < 1.29 is 0 Å². The Balaban J connectivity index is 2.59. The highest BCUT2D eigenvalue weighted by molar-refractivity contribution is 5.57. The van der Waals surface area contributed by atoms with Crippen LogP contribution >= 0.6 is 0 Å². The predicted octanol–water partition coefficient (Wildman–Crippen LogP) is 1.59. The molecular formula is C10H10N3. The van der Waals surface area contributed by atoms with Gasteiger partial charge in [-0.25, -0.2) is 0 Å². The van der Waals surface area contributed by atoms with Gasteiger partial charge < -0.3 is 0 Å². The number of hydrogen-bond acceptors (Lipinski definition) is 2. The topological polar surface area (TPSA) is 30.7 Å². The van der Waals surface area contributed by atoms with Crippen molar-refractivity contribution in [3.05, 3.63) is 36.2 Å². The first kappa shape index (κ1) is 7.98. The summed E-state index contributed by atoms with van der Waals surface area (Å²) in [5.74, 6) is 0. The van der Waals surface area contributed by atoms with Crippen LogP contribution in [-0.2, 0) is 7.05 Å². The summed E-state index contributed by atoms with van der Waals surface area (Å²) in [5, 5.41) is 3.99. The van der Waals surface area contributed by atoms with Gasteiger partial charge in [-0.2, -0.15) is 5.10 Å². The first-order valence-electron chi connectivity index (χ1n) is 4.11. The number of aromatic nitrogens is 3. The Morgan fingerprint density at radius 3 is 2.92 bits per heavy atom. The van der Waals surface area contributed by atoms with E-state index in [1.165, 1.54) is 0 Å². The minimum absolute atomic E-state index is 0.971. The van der Waals surface area contributed by atoms with Crippen molar-refractivity contribution in [1.82, 2.24) is 14.8 Å². The third-order valence-corrected chi connectivity index (χ3v) is 2.01. The maximum absolute atomic E-state index is 4.30. The molecule has 0 amide bonds. The van der Waals surface area contributed by atoms with Crippen molar-refractivity contribution in [3.8, 4) is 11.4 Å². The van der Waals surface area contributed by atoms with Gasteiger partial charge in [0.1, 0.15) is 6.20 Å². The molecule has 0 aliphatic rings. The lowest BCUT2D eigenvalue weighted by Crippen LogP contribution is -1.96. The van der Waals surface area contributed by atoms with Gasteiger partial charge in [-0.15, -0.1) is 0 Å². The van der Waals surface area contributed by atoms with Gasteiger partial charge in [0.05, 0.1) is 11.4 Å². The van der Waals surface area contributed by atoms with Crippen LogP contribution in [0.3, 0.4) is 0 Å². The minimum atomic E-state index is 0.971. The average molecular weight is 172 g/mol. The lowest BCUT2D eigenvalue weighted by molar-refractivity contribution is 0.770. The minimum Gasteiger partial charge on any atom is -0.266 e. The molecule has 0 bridgehead atoms. The van der Waals surface area contributed by atoms with Crippen molar-refractivity contribution in [2.24, 2.45) is 7.05 Å². The molecule has 13 heavy (non-hydrogen) atoms. The van der Waals surface area contributed by atoms with Gasteiger partial charge >= 0.3 is 0 Å². The summed E-state index contributed by atoms with van der Waals surface area (Å²) in [7, 11) is 1.89. The number of nitrogens with zero attached hydrogens (tertiary/aromatic N) is 3. The smallest absolute Gasteiger partial charge is 0.113 e. The van der Waals surface area contributed by atoms with E-state index in [2.05, 4.69) is 16.3 Å². The fourth-order valence-electron chi connectivity index (χ4n) is 1.30. The number of hydrogen-bond donors (Lipinski definition) is 0. The first-order valence-corrected chi connectivity index (χ1v) is 4.11. The molecule has 0 aliphatic carbocycles. The summed E-state index contributed by atoms with van der Waals surface area (Å²) in [4.78, 5) is 4.30. The molecule has 0 saturated carbocycles. The van der Waals surface area contributed by atoms with Crippen LogP contribution in [0.5, 0.6) is 0 Å². The zero-order chi connectivity index (χ0) is 9.26. The van der Waals surface area contributed by atoms with E-state index in [0.29, 0.717) is 0 Å². The lowest BCUT2D eigenvalue weighted by atomic mass is 10.2. The average Bonchev–Trinajstić information content (AvgIpc) is 2.52. The zero-order valence-corrected chi connectivity index (χ0v) is 7.65. The summed E-state index contributed by atoms with van der Waals surface area (Å²) in [6.07, 6.45) is 4.58. The largest absolute Gasteiger partial charge is 0.266 e. The monoisotopic (exact) mass is 172 g/mol. The van der Waals surface area contributed by atoms with E-state index in [0.717, 1.165) is 17.0 Å². The molecule has 0 aromatic carbocycles. The van der Waals surface area contributed by atoms with Crippen molar-refractivity contribution in [3.63, 3.8) is 0 Å². The van der Waals surface area contributed by atoms with Gasteiger partial charge in [0.25, 0.3) is 0 Å². The molecule has 3 heteroatoms. The molecule has 2 heterocycles. The summed E-state index contributed by atoms with van der Waals surface area (Å²) in [5.41, 5.74) is 3.12. The van der Waals surface area contributed by atoms with Crippen LogP contribution in [0.2, 0.25) is 0 Å². The number of rotatable bonds is 1. The Hall–Kier alpha value is -1.64. The van der Waals surface area contributed by atoms with E-state index in [4.69, 9.17) is 0 Å². The van der Waals surface area contributed by atoms with Crippen molar-refractivity contribution in [1.29, 1.82) is 0 Å². The first-order chi connectivity index (χ1) is 6.29. The predicted molar refractivity (Wildman–Crippen MR) is 50.0 cm³/mol. The molecule has 1 radical (unpaired) electrons. The summed E-state index contributed by atoms with van der Waals surface area (Å²) < 4.78 is 1.77. The summed E-state index contributed by atoms with van der Waals surface area (Å²) in [6.45, 7) is 2.04. The molecule has 0 fully saturated rings. The van der Waals surface area contributed by atoms with Crippen LogP contribution in [0.15, 0.2) is 24.4 Å². The van der Waals surface area contributed by atoms with Crippen LogP contribution in [0.1, 0.15) is 5.56 Å². The second kappa shape index (κ2) is 3.01. The van der Waals surface area contributed by atoms with Gasteiger partial charge in [0.2, 0.25) is 0 Å². The highest BCUT2D eigenvalue weighted by Crippen LogP contribution is 2.18. The Bertz CT molecular complexity index is 418. The third-order valence-electron chi connectivity index (χ3n) is 2.01. The molecule has 3 nitrogen and oxygen atoms in total. The number of pyridine rings is 1. The third kappa shape index (κ3) is 1.33. The van der Waals surface area contributed by atoms with Gasteiger partial charge in [-0.05, 0) is 24.6 Å². The molecule has 0 unspecified atom stereocenters. The Kier molecular flexibility index (Phi) is 1.85. The molecule has 2 rings (SSSR count). The van der Waals surface area contributed by atoms with E-state index in [-0.39, 0.29) is 0 Å². The Morgan fingerprint density at radius 1 is 1.46 bits per heavy atom. The summed E-state index contributed by atoms with van der Waals surface area (Å²) in [6, 6.07) is 5.81. The molecule has 0 aliphatic heterocycles. The van der Waals surface area contributed by atoms with Crippen LogP contribution in [-0.4, -0.2) is 14.8 Å². The van der Waals surface area contributed by atoms with Gasteiger partial charge in [0, 0.05) is 13.2 Å². The standard InChI is InChI=1S/C10H10N3/c1-8-4-3-6-11-10(8)9-5-7-12-13(9)2/h3-6H,1-2H3. The normalized spacial score (nSPS) is 10.3. The second-order valence-electron chi connectivity index (χ2n) is 2.95. The summed E-state index contributed by atoms with van der Waals surface area (Å²) >= 11 is 0. The zero-order valence-electron chi connectivity index (χ0n) is 7.65. The highest BCUT2D eigenvalue weighted by Gasteiger charge is 2.05. The molecule has 2 aromatic heterocycles. The van der Waals surface area contributed by atoms with E-state index >= 15 is 0 Å². The van der Waals surface area contributed by atoms with Gasteiger partial charge in [-0.3, -0.25) is 9.67 Å². The molecule has 65 valence electrons. The van der Waals surface area contributed by atoms with Gasteiger partial charge in [0.15, 0.2) is 0 Å². The van der Waals surface area contributed by atoms with Crippen LogP contribution in [0, 0.1) is 13.1 Å². The van der Waals surface area contributed by atoms with Crippen LogP contribution < -0.4 is 0 Å². The lowest BCUT2D eigenvalue weighted by Gasteiger charge is -2.03. The van der Waals surface area contributed by atoms with E-state index in [9.17, 15) is 0 Å². The van der Waals surface area contributed by atoms with E-state index < -0.39 is 0 Å². The molecule has 0 spiro atoms. The number of aryl methyl sites for hydroxylation is 2. The van der Waals surface area contributed by atoms with Crippen LogP contribution in [0.25, 0.3) is 11.4 Å². The quantitative estimate of drug-likeness (QED) is 0.654. The SMILES string of the molecule is Cc1cccnc1-c1c[c]nn1C. The Labute approximate surface area is 77.0 Å². The molecule has 0 N–H and O–H groups in total. The Morgan fingerprint density at radius 2 is 2.31 bits per heavy atom. The maximum atomic E-state index is 4.30. The van der Waals surface area contributed by atoms with Crippen molar-refractivity contribution >= 4 is 0 Å². The van der Waals surface area contributed by atoms with Crippen LogP contribution in [0.4, 0.5) is 0 Å². The highest BCUT2D eigenvalue weighted by atomic mass is 15.3. The van der Waals surface area contributed by atoms with Crippen molar-refractivity contribution in [2.75, 3.05) is 0 Å². The molecule has 2 aromatic rings. The van der Waals surface area contributed by atoms with Gasteiger partial charge in [-0.1, -0.05) is 6.07 Å².